The first-order valence-electron chi connectivity index (χ1n) is 8.18. The van der Waals surface area contributed by atoms with Crippen LogP contribution in [0, 0.1) is 0 Å². The van der Waals surface area contributed by atoms with Crippen LogP contribution in [0.5, 0.6) is 11.5 Å². The van der Waals surface area contributed by atoms with Crippen LogP contribution in [0.2, 0.25) is 0 Å². The van der Waals surface area contributed by atoms with Gasteiger partial charge in [0, 0.05) is 13.6 Å². The molecular weight excluding hydrogens is 334 g/mol. The Morgan fingerprint density at radius 1 is 1.04 bits per heavy atom. The fraction of sp³-hybridized carbons (Fsp3) is 0.300. The normalized spacial score (nSPS) is 11.4. The number of esters is 1. The molecule has 0 aromatic heterocycles. The Bertz CT molecular complexity index is 760. The Balaban J connectivity index is 2.05. The molecule has 0 unspecified atom stereocenters. The molecule has 0 saturated heterocycles. The molecule has 2 aromatic rings. The van der Waals surface area contributed by atoms with Crippen LogP contribution in [0.25, 0.3) is 0 Å². The molecule has 0 fully saturated rings. The molecule has 6 nitrogen and oxygen atoms in total. The third kappa shape index (κ3) is 4.75. The second-order valence-corrected chi connectivity index (χ2v) is 5.79. The second-order valence-electron chi connectivity index (χ2n) is 5.79. The molecule has 0 N–H and O–H groups in total. The number of ether oxygens (including phenoxy) is 3. The fourth-order valence-electron chi connectivity index (χ4n) is 2.49. The fourth-order valence-corrected chi connectivity index (χ4v) is 2.49. The van der Waals surface area contributed by atoms with Crippen LogP contribution in [0.1, 0.15) is 22.8 Å². The summed E-state index contributed by atoms with van der Waals surface area (Å²) >= 11 is 0. The van der Waals surface area contributed by atoms with Crippen LogP contribution in [-0.2, 0) is 16.1 Å². The summed E-state index contributed by atoms with van der Waals surface area (Å²) in [5.74, 6) is -0.0789. The number of benzene rings is 2. The molecule has 6 heteroatoms. The predicted octanol–water partition coefficient (Wildman–Crippen LogP) is 2.91. The van der Waals surface area contributed by atoms with Crippen molar-refractivity contribution in [3.05, 3.63) is 59.7 Å². The molecule has 26 heavy (non-hydrogen) atoms. The van der Waals surface area contributed by atoms with Crippen molar-refractivity contribution in [2.75, 3.05) is 21.3 Å². The highest BCUT2D eigenvalue weighted by molar-refractivity contribution is 5.95. The summed E-state index contributed by atoms with van der Waals surface area (Å²) in [6.45, 7) is 1.98. The molecule has 0 aliphatic carbocycles. The molecule has 138 valence electrons. The zero-order valence-corrected chi connectivity index (χ0v) is 15.4. The molecule has 1 atom stereocenters. The Hall–Kier alpha value is -3.02. The number of carbonyl (C=O) groups is 2. The summed E-state index contributed by atoms with van der Waals surface area (Å²) in [6, 6.07) is 14.4. The van der Waals surface area contributed by atoms with E-state index < -0.39 is 12.1 Å². The molecule has 2 aromatic carbocycles. The van der Waals surface area contributed by atoms with Crippen molar-refractivity contribution in [1.82, 2.24) is 4.90 Å². The number of amides is 1. The topological polar surface area (TPSA) is 65.1 Å². The SMILES string of the molecule is COc1ccc(OC)c(C(=O)O[C@H](C)C(=O)N(C)Cc2ccccc2)c1. The maximum atomic E-state index is 12.5. The van der Waals surface area contributed by atoms with E-state index in [4.69, 9.17) is 14.2 Å². The molecular formula is C20H23NO5. The first kappa shape index (κ1) is 19.3. The standard InChI is InChI=1S/C20H23NO5/c1-14(19(22)21(2)13-15-8-6-5-7-9-15)26-20(23)17-12-16(24-3)10-11-18(17)25-4/h5-12,14H,13H2,1-4H3/t14-/m1/s1. The minimum absolute atomic E-state index is 0.206. The van der Waals surface area contributed by atoms with Gasteiger partial charge in [0.2, 0.25) is 0 Å². The summed E-state index contributed by atoms with van der Waals surface area (Å²) < 4.78 is 15.6. The van der Waals surface area contributed by atoms with Gasteiger partial charge in [-0.25, -0.2) is 4.79 Å². The summed E-state index contributed by atoms with van der Waals surface area (Å²) in [7, 11) is 4.63. The lowest BCUT2D eigenvalue weighted by atomic mass is 10.2. The van der Waals surface area contributed by atoms with E-state index in [1.54, 1.807) is 26.1 Å². The predicted molar refractivity (Wildman–Crippen MR) is 97.3 cm³/mol. The number of carbonyl (C=O) groups excluding carboxylic acids is 2. The van der Waals surface area contributed by atoms with E-state index >= 15 is 0 Å². The van der Waals surface area contributed by atoms with E-state index in [0.29, 0.717) is 18.0 Å². The summed E-state index contributed by atoms with van der Waals surface area (Å²) in [6.07, 6.45) is -0.924. The third-order valence-electron chi connectivity index (χ3n) is 3.90. The number of nitrogens with zero attached hydrogens (tertiary/aromatic N) is 1. The molecule has 0 heterocycles. The minimum atomic E-state index is -0.924. The van der Waals surface area contributed by atoms with Gasteiger partial charge in [-0.2, -0.15) is 0 Å². The van der Waals surface area contributed by atoms with E-state index in [1.807, 2.05) is 30.3 Å². The zero-order valence-electron chi connectivity index (χ0n) is 15.4. The summed E-state index contributed by atoms with van der Waals surface area (Å²) in [4.78, 5) is 26.5. The minimum Gasteiger partial charge on any atom is -0.497 e. The highest BCUT2D eigenvalue weighted by atomic mass is 16.5. The second kappa shape index (κ2) is 8.89. The monoisotopic (exact) mass is 357 g/mol. The van der Waals surface area contributed by atoms with Crippen LogP contribution >= 0.6 is 0 Å². The zero-order chi connectivity index (χ0) is 19.1. The quantitative estimate of drug-likeness (QED) is 0.713. The van der Waals surface area contributed by atoms with Crippen molar-refractivity contribution in [2.45, 2.75) is 19.6 Å². The summed E-state index contributed by atoms with van der Waals surface area (Å²) in [5, 5.41) is 0. The van der Waals surface area contributed by atoms with Gasteiger partial charge in [0.25, 0.3) is 5.91 Å². The van der Waals surface area contributed by atoms with E-state index in [1.165, 1.54) is 25.2 Å². The number of hydrogen-bond donors (Lipinski definition) is 0. The molecule has 0 aliphatic heterocycles. The lowest BCUT2D eigenvalue weighted by Gasteiger charge is -2.22. The van der Waals surface area contributed by atoms with Crippen molar-refractivity contribution in [1.29, 1.82) is 0 Å². The Morgan fingerprint density at radius 3 is 2.35 bits per heavy atom. The van der Waals surface area contributed by atoms with Crippen molar-refractivity contribution in [3.63, 3.8) is 0 Å². The molecule has 0 aliphatic rings. The lowest BCUT2D eigenvalue weighted by Crippen LogP contribution is -2.37. The molecule has 0 bridgehead atoms. The average molecular weight is 357 g/mol. The van der Waals surface area contributed by atoms with E-state index in [2.05, 4.69) is 0 Å². The van der Waals surface area contributed by atoms with E-state index in [0.717, 1.165) is 5.56 Å². The number of rotatable bonds is 7. The van der Waals surface area contributed by atoms with Gasteiger partial charge in [-0.15, -0.1) is 0 Å². The number of methoxy groups -OCH3 is 2. The molecule has 1 amide bonds. The molecule has 2 rings (SSSR count). The molecule has 0 radical (unpaired) electrons. The van der Waals surface area contributed by atoms with Crippen LogP contribution in [0.4, 0.5) is 0 Å². The molecule has 0 saturated carbocycles. The van der Waals surface area contributed by atoms with Crippen LogP contribution in [0.3, 0.4) is 0 Å². The van der Waals surface area contributed by atoms with Gasteiger partial charge in [0.15, 0.2) is 6.10 Å². The van der Waals surface area contributed by atoms with E-state index in [9.17, 15) is 9.59 Å². The van der Waals surface area contributed by atoms with Crippen LogP contribution < -0.4 is 9.47 Å². The number of likely N-dealkylation sites (N-methyl/N-ethyl adjacent to an activating group) is 1. The van der Waals surface area contributed by atoms with Gasteiger partial charge >= 0.3 is 5.97 Å². The average Bonchev–Trinajstić information content (AvgIpc) is 2.67. The van der Waals surface area contributed by atoms with Gasteiger partial charge in [0.1, 0.15) is 17.1 Å². The smallest absolute Gasteiger partial charge is 0.342 e. The van der Waals surface area contributed by atoms with Crippen molar-refractivity contribution in [2.24, 2.45) is 0 Å². The highest BCUT2D eigenvalue weighted by Crippen LogP contribution is 2.25. The Labute approximate surface area is 153 Å². The number of hydrogen-bond acceptors (Lipinski definition) is 5. The molecule has 0 spiro atoms. The van der Waals surface area contributed by atoms with Crippen LogP contribution in [-0.4, -0.2) is 44.1 Å². The highest BCUT2D eigenvalue weighted by Gasteiger charge is 2.24. The largest absolute Gasteiger partial charge is 0.497 e. The first-order chi connectivity index (χ1) is 12.5. The van der Waals surface area contributed by atoms with Crippen molar-refractivity contribution in [3.8, 4) is 11.5 Å². The Morgan fingerprint density at radius 2 is 1.73 bits per heavy atom. The Kier molecular flexibility index (Phi) is 6.60. The maximum Gasteiger partial charge on any atom is 0.342 e. The van der Waals surface area contributed by atoms with Gasteiger partial charge in [-0.1, -0.05) is 30.3 Å². The lowest BCUT2D eigenvalue weighted by molar-refractivity contribution is -0.139. The maximum absolute atomic E-state index is 12.5. The van der Waals surface area contributed by atoms with Crippen molar-refractivity contribution >= 4 is 11.9 Å². The van der Waals surface area contributed by atoms with Gasteiger partial charge in [0.05, 0.1) is 14.2 Å². The first-order valence-corrected chi connectivity index (χ1v) is 8.18. The van der Waals surface area contributed by atoms with E-state index in [-0.39, 0.29) is 11.5 Å². The van der Waals surface area contributed by atoms with Crippen LogP contribution in [0.15, 0.2) is 48.5 Å². The third-order valence-corrected chi connectivity index (χ3v) is 3.90. The van der Waals surface area contributed by atoms with Gasteiger partial charge in [-0.3, -0.25) is 4.79 Å². The van der Waals surface area contributed by atoms with Gasteiger partial charge in [-0.05, 0) is 30.7 Å². The van der Waals surface area contributed by atoms with Crippen molar-refractivity contribution < 1.29 is 23.8 Å². The summed E-state index contributed by atoms with van der Waals surface area (Å²) in [5.41, 5.74) is 1.20. The van der Waals surface area contributed by atoms with Gasteiger partial charge < -0.3 is 19.1 Å².